The molecule has 0 spiro atoms. The van der Waals surface area contributed by atoms with Gasteiger partial charge in [-0.25, -0.2) is 0 Å². The standard InChI is InChI=1S/C14H17NO5S/c1-15(9-14(17)18)13(16)4-7-21-10-2-3-11-12(8-10)20-6-5-19-11/h2-3,8H,4-7,9H2,1H3,(H,17,18). The molecule has 0 atom stereocenters. The monoisotopic (exact) mass is 311 g/mol. The molecule has 0 aromatic heterocycles. The van der Waals surface area contributed by atoms with Crippen molar-refractivity contribution < 1.29 is 24.2 Å². The molecule has 2 rings (SSSR count). The predicted molar refractivity (Wildman–Crippen MR) is 78.0 cm³/mol. The van der Waals surface area contributed by atoms with Crippen molar-refractivity contribution in [2.24, 2.45) is 0 Å². The zero-order valence-electron chi connectivity index (χ0n) is 11.7. The van der Waals surface area contributed by atoms with Gasteiger partial charge in [-0.2, -0.15) is 0 Å². The van der Waals surface area contributed by atoms with E-state index in [1.165, 1.54) is 23.7 Å². The van der Waals surface area contributed by atoms with E-state index in [-0.39, 0.29) is 12.5 Å². The summed E-state index contributed by atoms with van der Waals surface area (Å²) in [7, 11) is 1.49. The number of nitrogens with zero attached hydrogens (tertiary/aromatic N) is 1. The summed E-state index contributed by atoms with van der Waals surface area (Å²) in [5.74, 6) is 0.860. The molecule has 0 saturated heterocycles. The van der Waals surface area contributed by atoms with Crippen LogP contribution in [0.3, 0.4) is 0 Å². The van der Waals surface area contributed by atoms with Crippen molar-refractivity contribution >= 4 is 23.6 Å². The smallest absolute Gasteiger partial charge is 0.323 e. The molecule has 1 aliphatic rings. The number of carbonyl (C=O) groups excluding carboxylic acids is 1. The molecule has 0 saturated carbocycles. The molecule has 21 heavy (non-hydrogen) atoms. The number of carbonyl (C=O) groups is 2. The third kappa shape index (κ3) is 4.56. The molecule has 1 heterocycles. The Morgan fingerprint density at radius 2 is 2.00 bits per heavy atom. The molecule has 114 valence electrons. The quantitative estimate of drug-likeness (QED) is 0.802. The summed E-state index contributed by atoms with van der Waals surface area (Å²) in [6.45, 7) is 0.830. The van der Waals surface area contributed by atoms with Crippen LogP contribution in [0.15, 0.2) is 23.1 Å². The van der Waals surface area contributed by atoms with Crippen LogP contribution in [0.4, 0.5) is 0 Å². The average Bonchev–Trinajstić information content (AvgIpc) is 2.46. The molecule has 0 bridgehead atoms. The number of likely N-dealkylation sites (N-methyl/N-ethyl adjacent to an activating group) is 1. The van der Waals surface area contributed by atoms with Crippen molar-refractivity contribution in [2.45, 2.75) is 11.3 Å². The maximum absolute atomic E-state index is 11.7. The Balaban J connectivity index is 1.81. The summed E-state index contributed by atoms with van der Waals surface area (Å²) < 4.78 is 10.9. The summed E-state index contributed by atoms with van der Waals surface area (Å²) in [5, 5.41) is 8.62. The van der Waals surface area contributed by atoms with Crippen molar-refractivity contribution in [3.05, 3.63) is 18.2 Å². The molecule has 1 N–H and O–H groups in total. The SMILES string of the molecule is CN(CC(=O)O)C(=O)CCSc1ccc2c(c1)OCCO2. The van der Waals surface area contributed by atoms with Crippen LogP contribution in [0.1, 0.15) is 6.42 Å². The minimum absolute atomic E-state index is 0.178. The molecular weight excluding hydrogens is 294 g/mol. The van der Waals surface area contributed by atoms with Crippen LogP contribution >= 0.6 is 11.8 Å². The largest absolute Gasteiger partial charge is 0.486 e. The van der Waals surface area contributed by atoms with E-state index in [0.717, 1.165) is 16.4 Å². The van der Waals surface area contributed by atoms with Gasteiger partial charge in [-0.1, -0.05) is 0 Å². The highest BCUT2D eigenvalue weighted by Crippen LogP contribution is 2.34. The zero-order chi connectivity index (χ0) is 15.2. The normalized spacial score (nSPS) is 12.8. The Hall–Kier alpha value is -1.89. The van der Waals surface area contributed by atoms with Crippen LogP contribution in [0.2, 0.25) is 0 Å². The Kier molecular flexibility index (Phi) is 5.32. The maximum Gasteiger partial charge on any atom is 0.323 e. The van der Waals surface area contributed by atoms with Gasteiger partial charge in [0.05, 0.1) is 0 Å². The summed E-state index contributed by atoms with van der Waals surface area (Å²) in [6, 6.07) is 5.67. The number of benzene rings is 1. The maximum atomic E-state index is 11.7. The van der Waals surface area contributed by atoms with Gasteiger partial charge in [0.1, 0.15) is 19.8 Å². The van der Waals surface area contributed by atoms with E-state index in [0.29, 0.717) is 25.4 Å². The van der Waals surface area contributed by atoms with Gasteiger partial charge < -0.3 is 19.5 Å². The summed E-state index contributed by atoms with van der Waals surface area (Å²) in [6.07, 6.45) is 0.295. The zero-order valence-corrected chi connectivity index (χ0v) is 12.5. The summed E-state index contributed by atoms with van der Waals surface area (Å²) in [5.41, 5.74) is 0. The van der Waals surface area contributed by atoms with E-state index in [1.807, 2.05) is 18.2 Å². The van der Waals surface area contributed by atoms with Gasteiger partial charge in [0.25, 0.3) is 0 Å². The molecule has 1 aromatic rings. The van der Waals surface area contributed by atoms with E-state index >= 15 is 0 Å². The molecule has 1 amide bonds. The first kappa shape index (κ1) is 15.5. The molecule has 1 aromatic carbocycles. The van der Waals surface area contributed by atoms with Crippen molar-refractivity contribution in [3.8, 4) is 11.5 Å². The molecule has 0 radical (unpaired) electrons. The molecule has 0 aliphatic carbocycles. The van der Waals surface area contributed by atoms with Crippen molar-refractivity contribution in [3.63, 3.8) is 0 Å². The number of rotatable bonds is 6. The first-order valence-corrected chi connectivity index (χ1v) is 7.53. The Morgan fingerprint density at radius 1 is 1.29 bits per heavy atom. The molecule has 1 aliphatic heterocycles. The third-order valence-electron chi connectivity index (χ3n) is 2.90. The van der Waals surface area contributed by atoms with Crippen LogP contribution in [-0.4, -0.2) is 54.4 Å². The van der Waals surface area contributed by atoms with Crippen LogP contribution in [0.25, 0.3) is 0 Å². The fourth-order valence-electron chi connectivity index (χ4n) is 1.85. The van der Waals surface area contributed by atoms with Gasteiger partial charge >= 0.3 is 5.97 Å². The van der Waals surface area contributed by atoms with E-state index in [1.54, 1.807) is 0 Å². The number of ether oxygens (including phenoxy) is 2. The highest BCUT2D eigenvalue weighted by Gasteiger charge is 2.14. The lowest BCUT2D eigenvalue weighted by atomic mass is 10.3. The fourth-order valence-corrected chi connectivity index (χ4v) is 2.72. The minimum Gasteiger partial charge on any atom is -0.486 e. The van der Waals surface area contributed by atoms with Gasteiger partial charge in [-0.3, -0.25) is 9.59 Å². The lowest BCUT2D eigenvalue weighted by Crippen LogP contribution is -2.32. The Labute approximate surface area is 127 Å². The van der Waals surface area contributed by atoms with Gasteiger partial charge in [0.15, 0.2) is 11.5 Å². The van der Waals surface area contributed by atoms with Crippen LogP contribution < -0.4 is 9.47 Å². The molecular formula is C14H17NO5S. The second-order valence-electron chi connectivity index (χ2n) is 4.55. The third-order valence-corrected chi connectivity index (χ3v) is 3.89. The second-order valence-corrected chi connectivity index (χ2v) is 5.72. The first-order valence-electron chi connectivity index (χ1n) is 6.54. The Bertz CT molecular complexity index is 534. The Morgan fingerprint density at radius 3 is 2.71 bits per heavy atom. The number of carboxylic acids is 1. The molecule has 0 fully saturated rings. The number of carboxylic acid groups (broad SMARTS) is 1. The van der Waals surface area contributed by atoms with Crippen molar-refractivity contribution in [2.75, 3.05) is 32.6 Å². The number of thioether (sulfide) groups is 1. The molecule has 6 nitrogen and oxygen atoms in total. The van der Waals surface area contributed by atoms with Crippen LogP contribution in [-0.2, 0) is 9.59 Å². The summed E-state index contributed by atoms with van der Waals surface area (Å²) in [4.78, 5) is 24.4. The number of amides is 1. The van der Waals surface area contributed by atoms with Gasteiger partial charge in [0, 0.05) is 24.1 Å². The highest BCUT2D eigenvalue weighted by atomic mass is 32.2. The van der Waals surface area contributed by atoms with E-state index in [9.17, 15) is 9.59 Å². The number of hydrogen-bond donors (Lipinski definition) is 1. The highest BCUT2D eigenvalue weighted by molar-refractivity contribution is 7.99. The van der Waals surface area contributed by atoms with Crippen LogP contribution in [0, 0.1) is 0 Å². The van der Waals surface area contributed by atoms with Crippen molar-refractivity contribution in [1.82, 2.24) is 4.90 Å². The number of aliphatic carboxylic acids is 1. The molecule has 7 heteroatoms. The molecule has 0 unspecified atom stereocenters. The lowest BCUT2D eigenvalue weighted by Gasteiger charge is -2.18. The van der Waals surface area contributed by atoms with Gasteiger partial charge in [-0.15, -0.1) is 11.8 Å². The topological polar surface area (TPSA) is 76.1 Å². The second kappa shape index (κ2) is 7.21. The van der Waals surface area contributed by atoms with Gasteiger partial charge in [-0.05, 0) is 18.2 Å². The average molecular weight is 311 g/mol. The van der Waals surface area contributed by atoms with E-state index in [4.69, 9.17) is 14.6 Å². The van der Waals surface area contributed by atoms with Crippen molar-refractivity contribution in [1.29, 1.82) is 0 Å². The fraction of sp³-hybridized carbons (Fsp3) is 0.429. The number of fused-ring (bicyclic) bond motifs is 1. The van der Waals surface area contributed by atoms with E-state index < -0.39 is 5.97 Å². The first-order chi connectivity index (χ1) is 10.1. The van der Waals surface area contributed by atoms with Crippen LogP contribution in [0.5, 0.6) is 11.5 Å². The lowest BCUT2D eigenvalue weighted by molar-refractivity contribution is -0.143. The van der Waals surface area contributed by atoms with Gasteiger partial charge in [0.2, 0.25) is 5.91 Å². The predicted octanol–water partition coefficient (Wildman–Crippen LogP) is 1.48. The van der Waals surface area contributed by atoms with E-state index in [2.05, 4.69) is 0 Å². The summed E-state index contributed by atoms with van der Waals surface area (Å²) >= 11 is 1.53. The number of hydrogen-bond acceptors (Lipinski definition) is 5. The minimum atomic E-state index is -1.01.